The minimum atomic E-state index is 0.217. The van der Waals surface area contributed by atoms with Crippen molar-refractivity contribution in [1.82, 2.24) is 4.48 Å². The summed E-state index contributed by atoms with van der Waals surface area (Å²) in [6.07, 6.45) is 1.91. The van der Waals surface area contributed by atoms with Crippen molar-refractivity contribution in [3.8, 4) is 23.0 Å². The molecule has 5 rings (SSSR count). The third kappa shape index (κ3) is 1.68. The molecule has 124 valence electrons. The number of rotatable bonds is 1. The Bertz CT molecular complexity index is 863. The van der Waals surface area contributed by atoms with Gasteiger partial charge in [0.05, 0.1) is 20.7 Å². The molecule has 0 amide bonds. The molecule has 0 saturated carbocycles. The van der Waals surface area contributed by atoms with Gasteiger partial charge in [0, 0.05) is 30.0 Å². The molecule has 0 aromatic heterocycles. The van der Waals surface area contributed by atoms with Crippen LogP contribution >= 0.6 is 0 Å². The molecule has 3 heterocycles. The number of phenols is 1. The van der Waals surface area contributed by atoms with E-state index >= 15 is 0 Å². The fourth-order valence-electron chi connectivity index (χ4n) is 4.55. The number of phenolic OH excluding ortho intramolecular Hbond substituents is 1. The molecular weight excluding hydrogens is 306 g/mol. The summed E-state index contributed by atoms with van der Waals surface area (Å²) in [5.41, 5.74) is 5.12. The summed E-state index contributed by atoms with van der Waals surface area (Å²) in [6, 6.07) is 8.46. The predicted molar refractivity (Wildman–Crippen MR) is 90.0 cm³/mol. The highest BCUT2D eigenvalue weighted by atomic mass is 16.7. The zero-order valence-corrected chi connectivity index (χ0v) is 13.8. The maximum Gasteiger partial charge on any atom is 0.231 e. The SMILES string of the molecule is COc1cc2c(cc1O)[C@@H]1Cc3cc4c(cc3[N+]1(C)CC2)OCO4. The average molecular weight is 326 g/mol. The van der Waals surface area contributed by atoms with Crippen LogP contribution in [0.15, 0.2) is 24.3 Å². The molecule has 3 aliphatic rings. The van der Waals surface area contributed by atoms with Gasteiger partial charge in [-0.15, -0.1) is 0 Å². The molecule has 3 aliphatic heterocycles. The van der Waals surface area contributed by atoms with Crippen LogP contribution < -0.4 is 18.7 Å². The molecule has 0 saturated heterocycles. The molecule has 24 heavy (non-hydrogen) atoms. The van der Waals surface area contributed by atoms with E-state index in [1.807, 2.05) is 12.1 Å². The minimum absolute atomic E-state index is 0.217. The van der Waals surface area contributed by atoms with Crippen molar-refractivity contribution in [3.63, 3.8) is 0 Å². The molecule has 0 fully saturated rings. The lowest BCUT2D eigenvalue weighted by Gasteiger charge is -2.41. The topological polar surface area (TPSA) is 47.9 Å². The number of hydrogen-bond acceptors (Lipinski definition) is 4. The number of likely N-dealkylation sites (N-methyl/N-ethyl adjacent to an activating group) is 1. The summed E-state index contributed by atoms with van der Waals surface area (Å²) < 4.78 is 17.2. The minimum Gasteiger partial charge on any atom is -0.504 e. The van der Waals surface area contributed by atoms with Gasteiger partial charge in [0.1, 0.15) is 11.7 Å². The zero-order valence-electron chi connectivity index (χ0n) is 13.8. The monoisotopic (exact) mass is 326 g/mol. The second-order valence-corrected chi connectivity index (χ2v) is 7.02. The molecule has 1 unspecified atom stereocenters. The van der Waals surface area contributed by atoms with E-state index in [4.69, 9.17) is 14.2 Å². The van der Waals surface area contributed by atoms with Gasteiger partial charge in [0.25, 0.3) is 0 Å². The van der Waals surface area contributed by atoms with E-state index in [9.17, 15) is 5.11 Å². The lowest BCUT2D eigenvalue weighted by molar-refractivity contribution is 0.173. The Morgan fingerprint density at radius 2 is 1.92 bits per heavy atom. The zero-order chi connectivity index (χ0) is 16.5. The molecular formula is C19H20NO4+. The highest BCUT2D eigenvalue weighted by Crippen LogP contribution is 2.53. The first kappa shape index (κ1) is 14.0. The fourth-order valence-corrected chi connectivity index (χ4v) is 4.55. The molecule has 5 heteroatoms. The highest BCUT2D eigenvalue weighted by Gasteiger charge is 2.48. The Labute approximate surface area is 140 Å². The second kappa shape index (κ2) is 4.57. The van der Waals surface area contributed by atoms with Crippen molar-refractivity contribution in [2.24, 2.45) is 0 Å². The van der Waals surface area contributed by atoms with E-state index in [0.717, 1.165) is 35.4 Å². The number of hydrogen-bond donors (Lipinski definition) is 1. The van der Waals surface area contributed by atoms with Crippen molar-refractivity contribution in [2.75, 3.05) is 27.5 Å². The molecule has 0 bridgehead atoms. The Hall–Kier alpha value is -2.40. The van der Waals surface area contributed by atoms with Crippen molar-refractivity contribution in [2.45, 2.75) is 18.9 Å². The summed E-state index contributed by atoms with van der Waals surface area (Å²) in [5.74, 6) is 2.46. The molecule has 2 atom stereocenters. The van der Waals surface area contributed by atoms with Crippen molar-refractivity contribution < 1.29 is 19.3 Å². The predicted octanol–water partition coefficient (Wildman–Crippen LogP) is 2.92. The quantitative estimate of drug-likeness (QED) is 0.819. The summed E-state index contributed by atoms with van der Waals surface area (Å²) in [5, 5.41) is 10.3. The van der Waals surface area contributed by atoms with Crippen molar-refractivity contribution >= 4 is 5.69 Å². The van der Waals surface area contributed by atoms with Gasteiger partial charge < -0.3 is 19.3 Å². The first-order valence-corrected chi connectivity index (χ1v) is 8.28. The number of aromatic hydroxyl groups is 1. The van der Waals surface area contributed by atoms with E-state index < -0.39 is 0 Å². The molecule has 5 nitrogen and oxygen atoms in total. The van der Waals surface area contributed by atoms with E-state index in [0.29, 0.717) is 18.6 Å². The van der Waals surface area contributed by atoms with Crippen LogP contribution in [0.25, 0.3) is 0 Å². The normalized spacial score (nSPS) is 25.8. The van der Waals surface area contributed by atoms with Crippen LogP contribution in [0, 0.1) is 0 Å². The van der Waals surface area contributed by atoms with E-state index in [1.54, 1.807) is 7.11 Å². The number of quaternary nitrogens is 1. The maximum atomic E-state index is 10.3. The number of nitrogens with zero attached hydrogens (tertiary/aromatic N) is 1. The number of ether oxygens (including phenoxy) is 3. The van der Waals surface area contributed by atoms with Crippen LogP contribution in [-0.2, 0) is 12.8 Å². The summed E-state index contributed by atoms with van der Waals surface area (Å²) in [7, 11) is 3.88. The molecule has 2 aromatic carbocycles. The van der Waals surface area contributed by atoms with Crippen molar-refractivity contribution in [3.05, 3.63) is 41.0 Å². The highest BCUT2D eigenvalue weighted by molar-refractivity contribution is 5.66. The summed E-state index contributed by atoms with van der Waals surface area (Å²) >= 11 is 0. The van der Waals surface area contributed by atoms with Crippen LogP contribution in [0.2, 0.25) is 0 Å². The van der Waals surface area contributed by atoms with Crippen LogP contribution in [0.3, 0.4) is 0 Å². The maximum absolute atomic E-state index is 10.3. The summed E-state index contributed by atoms with van der Waals surface area (Å²) in [6.45, 7) is 1.33. The molecule has 0 spiro atoms. The van der Waals surface area contributed by atoms with Gasteiger partial charge >= 0.3 is 0 Å². The van der Waals surface area contributed by atoms with E-state index in [1.165, 1.54) is 22.4 Å². The van der Waals surface area contributed by atoms with Gasteiger partial charge in [-0.3, -0.25) is 4.48 Å². The van der Waals surface area contributed by atoms with Gasteiger partial charge in [0.15, 0.2) is 23.0 Å². The third-order valence-electron chi connectivity index (χ3n) is 5.87. The first-order valence-electron chi connectivity index (χ1n) is 8.28. The van der Waals surface area contributed by atoms with E-state index in [2.05, 4.69) is 19.2 Å². The lowest BCUT2D eigenvalue weighted by atomic mass is 9.90. The Morgan fingerprint density at radius 3 is 2.71 bits per heavy atom. The Kier molecular flexibility index (Phi) is 2.66. The average Bonchev–Trinajstić information content (AvgIpc) is 3.14. The fraction of sp³-hybridized carbons (Fsp3) is 0.368. The third-order valence-corrected chi connectivity index (χ3v) is 5.87. The smallest absolute Gasteiger partial charge is 0.231 e. The molecule has 1 N–H and O–H groups in total. The number of benzene rings is 2. The molecule has 0 radical (unpaired) electrons. The molecule has 2 aromatic rings. The molecule has 0 aliphatic carbocycles. The van der Waals surface area contributed by atoms with Crippen LogP contribution in [0.5, 0.6) is 23.0 Å². The Balaban J connectivity index is 1.65. The largest absolute Gasteiger partial charge is 0.504 e. The lowest BCUT2D eigenvalue weighted by Crippen LogP contribution is -2.50. The van der Waals surface area contributed by atoms with Gasteiger partial charge in [-0.25, -0.2) is 0 Å². The van der Waals surface area contributed by atoms with Crippen LogP contribution in [0.1, 0.15) is 22.7 Å². The van der Waals surface area contributed by atoms with Crippen LogP contribution in [-0.4, -0.2) is 32.6 Å². The Morgan fingerprint density at radius 1 is 1.12 bits per heavy atom. The van der Waals surface area contributed by atoms with Gasteiger partial charge in [-0.05, 0) is 23.8 Å². The van der Waals surface area contributed by atoms with Crippen molar-refractivity contribution in [1.29, 1.82) is 0 Å². The van der Waals surface area contributed by atoms with E-state index in [-0.39, 0.29) is 5.75 Å². The van der Waals surface area contributed by atoms with Gasteiger partial charge in [0.2, 0.25) is 6.79 Å². The van der Waals surface area contributed by atoms with Gasteiger partial charge in [-0.2, -0.15) is 0 Å². The standard InChI is InChI=1S/C19H19NO4/c1-20-4-3-11-6-17(22-2)16(21)8-13(11)15(20)5-12-7-18-19(9-14(12)20)24-10-23-18/h6-9,15H,3-5,10H2,1-2H3/p+1/t15-,20?/m0/s1. The van der Waals surface area contributed by atoms with Gasteiger partial charge in [-0.1, -0.05) is 0 Å². The second-order valence-electron chi connectivity index (χ2n) is 7.02. The number of methoxy groups -OCH3 is 1. The first-order chi connectivity index (χ1) is 11.6. The van der Waals surface area contributed by atoms with Crippen LogP contribution in [0.4, 0.5) is 5.69 Å². The summed E-state index contributed by atoms with van der Waals surface area (Å²) in [4.78, 5) is 0. The number of fused-ring (bicyclic) bond motifs is 6.